The number of carbonyl (C=O) groups excluding carboxylic acids is 1. The predicted octanol–water partition coefficient (Wildman–Crippen LogP) is 2.98. The molecule has 0 atom stereocenters. The van der Waals surface area contributed by atoms with Crippen molar-refractivity contribution in [1.29, 1.82) is 0 Å². The first-order valence-electron chi connectivity index (χ1n) is 8.59. The van der Waals surface area contributed by atoms with Crippen LogP contribution in [0.25, 0.3) is 5.65 Å². The molecule has 4 aromatic heterocycles. The fourth-order valence-electron chi connectivity index (χ4n) is 3.02. The summed E-state index contributed by atoms with van der Waals surface area (Å²) in [5.74, 6) is -0.181. The van der Waals surface area contributed by atoms with Crippen LogP contribution in [0.3, 0.4) is 0 Å². The second kappa shape index (κ2) is 7.28. The lowest BCUT2D eigenvalue weighted by Crippen LogP contribution is -2.33. The van der Waals surface area contributed by atoms with Gasteiger partial charge in [-0.1, -0.05) is 23.7 Å². The van der Waals surface area contributed by atoms with Gasteiger partial charge in [-0.05, 0) is 36.8 Å². The molecule has 1 amide bonds. The largest absolute Gasteiger partial charge is 0.474 e. The summed E-state index contributed by atoms with van der Waals surface area (Å²) in [4.78, 5) is 21.1. The van der Waals surface area contributed by atoms with Gasteiger partial charge in [0, 0.05) is 24.0 Å². The second-order valence-electron chi connectivity index (χ2n) is 6.35. The number of hydrogen-bond acceptors (Lipinski definition) is 4. The summed E-state index contributed by atoms with van der Waals surface area (Å²) in [5.41, 5.74) is 2.60. The molecule has 0 aliphatic rings. The maximum atomic E-state index is 12.9. The zero-order valence-corrected chi connectivity index (χ0v) is 15.8. The topological polar surface area (TPSA) is 83.4 Å². The lowest BCUT2D eigenvalue weighted by atomic mass is 10.3. The summed E-state index contributed by atoms with van der Waals surface area (Å²) < 4.78 is 3.29. The van der Waals surface area contributed by atoms with Crippen molar-refractivity contribution in [2.75, 3.05) is 5.32 Å². The van der Waals surface area contributed by atoms with E-state index in [4.69, 9.17) is 11.6 Å². The van der Waals surface area contributed by atoms with Crippen LogP contribution in [0.5, 0.6) is 5.88 Å². The van der Waals surface area contributed by atoms with Crippen molar-refractivity contribution in [3.8, 4) is 5.88 Å². The third-order valence-corrected chi connectivity index (χ3v) is 4.55. The molecule has 0 spiro atoms. The number of imidazole rings is 1. The number of pyridine rings is 3. The Labute approximate surface area is 165 Å². The van der Waals surface area contributed by atoms with Crippen molar-refractivity contribution < 1.29 is 14.5 Å². The Morgan fingerprint density at radius 1 is 1.25 bits per heavy atom. The number of fused-ring (bicyclic) bond motifs is 1. The summed E-state index contributed by atoms with van der Waals surface area (Å²) in [6, 6.07) is 12.6. The molecule has 0 saturated heterocycles. The molecular weight excluding hydrogens is 378 g/mol. The van der Waals surface area contributed by atoms with Gasteiger partial charge in [0.05, 0.1) is 6.20 Å². The standard InChI is InChI=1S/C20H16ClN5O2/c1-13-7-8-22-16(10-13)24-19(27)18-20(28)26(17-4-2-3-9-25(17)18)12-14-5-6-15(21)23-11-14/h2-11H,12H2,1H3,(H-,22,24,27,28)/p+1. The second-order valence-corrected chi connectivity index (χ2v) is 6.74. The van der Waals surface area contributed by atoms with E-state index in [0.29, 0.717) is 23.2 Å². The van der Waals surface area contributed by atoms with E-state index < -0.39 is 5.91 Å². The highest BCUT2D eigenvalue weighted by Gasteiger charge is 2.31. The molecule has 0 unspecified atom stereocenters. The Bertz CT molecular complexity index is 1170. The van der Waals surface area contributed by atoms with Gasteiger partial charge in [0.25, 0.3) is 11.3 Å². The molecule has 0 bridgehead atoms. The molecule has 4 heterocycles. The molecule has 7 nitrogen and oxygen atoms in total. The van der Waals surface area contributed by atoms with E-state index in [9.17, 15) is 9.90 Å². The molecule has 28 heavy (non-hydrogen) atoms. The van der Waals surface area contributed by atoms with Crippen molar-refractivity contribution in [2.45, 2.75) is 13.5 Å². The smallest absolute Gasteiger partial charge is 0.337 e. The highest BCUT2D eigenvalue weighted by molar-refractivity contribution is 6.29. The van der Waals surface area contributed by atoms with Crippen LogP contribution in [0.1, 0.15) is 21.6 Å². The average Bonchev–Trinajstić information content (AvgIpc) is 2.95. The molecule has 0 aliphatic carbocycles. The van der Waals surface area contributed by atoms with E-state index in [1.165, 1.54) is 0 Å². The molecule has 2 N–H and O–H groups in total. The number of amides is 1. The minimum Gasteiger partial charge on any atom is -0.474 e. The number of aromatic nitrogens is 4. The minimum atomic E-state index is -0.454. The number of nitrogens with one attached hydrogen (secondary N) is 1. The van der Waals surface area contributed by atoms with E-state index in [1.54, 1.807) is 45.8 Å². The number of nitrogens with zero attached hydrogens (tertiary/aromatic N) is 4. The third-order valence-electron chi connectivity index (χ3n) is 4.32. The Morgan fingerprint density at radius 2 is 2.11 bits per heavy atom. The normalized spacial score (nSPS) is 10.9. The SMILES string of the molecule is Cc1ccnc(NC(=O)c2c(O)[n+](Cc3ccc(Cl)nc3)c3ccccn23)c1. The van der Waals surface area contributed by atoms with Gasteiger partial charge >= 0.3 is 11.8 Å². The number of rotatable bonds is 4. The van der Waals surface area contributed by atoms with Crippen molar-refractivity contribution in [1.82, 2.24) is 14.4 Å². The first-order chi connectivity index (χ1) is 13.5. The number of aryl methyl sites for hydroxylation is 1. The number of hydrogen-bond donors (Lipinski definition) is 2. The Kier molecular flexibility index (Phi) is 4.67. The van der Waals surface area contributed by atoms with Gasteiger partial charge in [-0.15, -0.1) is 0 Å². The monoisotopic (exact) mass is 394 g/mol. The number of halogens is 1. The van der Waals surface area contributed by atoms with Gasteiger partial charge in [0.1, 0.15) is 17.5 Å². The Hall–Kier alpha value is -3.45. The van der Waals surface area contributed by atoms with Crippen LogP contribution < -0.4 is 9.88 Å². The molecule has 0 aliphatic heterocycles. The number of carbonyl (C=O) groups is 1. The highest BCUT2D eigenvalue weighted by Crippen LogP contribution is 2.19. The molecule has 140 valence electrons. The van der Waals surface area contributed by atoms with Crippen LogP contribution in [0.15, 0.2) is 61.1 Å². The average molecular weight is 395 g/mol. The lowest BCUT2D eigenvalue weighted by Gasteiger charge is -2.02. The Balaban J connectivity index is 1.75. The van der Waals surface area contributed by atoms with E-state index >= 15 is 0 Å². The van der Waals surface area contributed by atoms with E-state index in [1.807, 2.05) is 31.2 Å². The molecule has 8 heteroatoms. The van der Waals surface area contributed by atoms with Crippen LogP contribution in [0.4, 0.5) is 5.82 Å². The van der Waals surface area contributed by atoms with Crippen LogP contribution in [-0.4, -0.2) is 25.4 Å². The summed E-state index contributed by atoms with van der Waals surface area (Å²) in [5, 5.41) is 14.0. The number of anilines is 1. The summed E-state index contributed by atoms with van der Waals surface area (Å²) in [6.45, 7) is 2.25. The van der Waals surface area contributed by atoms with Gasteiger partial charge in [-0.25, -0.2) is 9.97 Å². The van der Waals surface area contributed by atoms with Crippen molar-refractivity contribution in [3.63, 3.8) is 0 Å². The first-order valence-corrected chi connectivity index (χ1v) is 8.97. The van der Waals surface area contributed by atoms with E-state index in [2.05, 4.69) is 15.3 Å². The molecule has 0 radical (unpaired) electrons. The van der Waals surface area contributed by atoms with Crippen molar-refractivity contribution in [3.05, 3.63) is 83.0 Å². The fourth-order valence-corrected chi connectivity index (χ4v) is 3.13. The van der Waals surface area contributed by atoms with Crippen LogP contribution in [-0.2, 0) is 6.54 Å². The van der Waals surface area contributed by atoms with Crippen LogP contribution in [0.2, 0.25) is 5.15 Å². The van der Waals surface area contributed by atoms with Crippen molar-refractivity contribution in [2.24, 2.45) is 0 Å². The predicted molar refractivity (Wildman–Crippen MR) is 105 cm³/mol. The van der Waals surface area contributed by atoms with E-state index in [0.717, 1.165) is 11.1 Å². The zero-order valence-electron chi connectivity index (χ0n) is 15.0. The Morgan fingerprint density at radius 3 is 2.86 bits per heavy atom. The van der Waals surface area contributed by atoms with Gasteiger partial charge in [-0.3, -0.25) is 4.79 Å². The van der Waals surface area contributed by atoms with E-state index in [-0.39, 0.29) is 11.6 Å². The van der Waals surface area contributed by atoms with Crippen LogP contribution >= 0.6 is 11.6 Å². The maximum Gasteiger partial charge on any atom is 0.337 e. The zero-order chi connectivity index (χ0) is 19.7. The van der Waals surface area contributed by atoms with Gasteiger partial charge in [-0.2, -0.15) is 8.97 Å². The molecule has 0 saturated carbocycles. The fraction of sp³-hybridized carbons (Fsp3) is 0.100. The summed E-state index contributed by atoms with van der Waals surface area (Å²) in [6.07, 6.45) is 4.98. The molecule has 4 rings (SSSR count). The van der Waals surface area contributed by atoms with Crippen LogP contribution in [0, 0.1) is 6.92 Å². The molecule has 0 aromatic carbocycles. The lowest BCUT2D eigenvalue weighted by molar-refractivity contribution is -0.668. The highest BCUT2D eigenvalue weighted by atomic mass is 35.5. The summed E-state index contributed by atoms with van der Waals surface area (Å²) >= 11 is 5.84. The number of aromatic hydroxyl groups is 1. The summed E-state index contributed by atoms with van der Waals surface area (Å²) in [7, 11) is 0. The minimum absolute atomic E-state index is 0.126. The van der Waals surface area contributed by atoms with Crippen molar-refractivity contribution >= 4 is 29.0 Å². The maximum absolute atomic E-state index is 12.9. The molecule has 4 aromatic rings. The quantitative estimate of drug-likeness (QED) is 0.411. The third kappa shape index (κ3) is 3.39. The molecular formula is C20H17ClN5O2+. The van der Waals surface area contributed by atoms with Gasteiger partial charge < -0.3 is 10.4 Å². The van der Waals surface area contributed by atoms with Gasteiger partial charge in [0.2, 0.25) is 0 Å². The van der Waals surface area contributed by atoms with Gasteiger partial charge in [0.15, 0.2) is 0 Å². The first kappa shape index (κ1) is 17.9. The molecule has 0 fully saturated rings.